The number of rotatable bonds is 2. The molecule has 0 N–H and O–H groups in total. The molecule has 1 unspecified atom stereocenters. The van der Waals surface area contributed by atoms with Crippen LogP contribution in [-0.4, -0.2) is 23.6 Å². The third-order valence-electron chi connectivity index (χ3n) is 2.05. The molecule has 1 atom stereocenters. The summed E-state index contributed by atoms with van der Waals surface area (Å²) in [6.07, 6.45) is -0.491. The smallest absolute Gasteiger partial charge is 0.411 e. The molecular formula is C12H16N2O2S. The lowest BCUT2D eigenvalue weighted by Gasteiger charge is -2.27. The molecule has 17 heavy (non-hydrogen) atoms. The maximum Gasteiger partial charge on any atom is 0.411 e. The Bertz CT molecular complexity index is 415. The number of hydrogen-bond donors (Lipinski definition) is 0. The lowest BCUT2D eigenvalue weighted by Crippen LogP contribution is -2.36. The van der Waals surface area contributed by atoms with Crippen LogP contribution in [-0.2, 0) is 4.74 Å². The highest BCUT2D eigenvalue weighted by Gasteiger charge is 2.26. The highest BCUT2D eigenvalue weighted by atomic mass is 32.1. The summed E-state index contributed by atoms with van der Waals surface area (Å²) in [5, 5.41) is 12.9. The van der Waals surface area contributed by atoms with Crippen molar-refractivity contribution in [1.82, 2.24) is 4.90 Å². The van der Waals surface area contributed by atoms with Gasteiger partial charge in [-0.1, -0.05) is 0 Å². The molecule has 0 bridgehead atoms. The molecule has 1 amide bonds. The highest BCUT2D eigenvalue weighted by molar-refractivity contribution is 7.08. The van der Waals surface area contributed by atoms with Crippen molar-refractivity contribution in [2.45, 2.75) is 32.4 Å². The minimum absolute atomic E-state index is 0.491. The molecule has 0 saturated carbocycles. The summed E-state index contributed by atoms with van der Waals surface area (Å²) in [5.74, 6) is 0. The average Bonchev–Trinajstić information content (AvgIpc) is 2.69. The first-order valence-electron chi connectivity index (χ1n) is 5.22. The summed E-state index contributed by atoms with van der Waals surface area (Å²) in [6, 6.07) is 3.33. The van der Waals surface area contributed by atoms with E-state index in [1.807, 2.05) is 16.8 Å². The molecule has 5 heteroatoms. The van der Waals surface area contributed by atoms with Gasteiger partial charge in [-0.3, -0.25) is 4.90 Å². The number of ether oxygens (including phenoxy) is 1. The first kappa shape index (κ1) is 13.5. The normalized spacial score (nSPS) is 12.6. The van der Waals surface area contributed by atoms with Crippen LogP contribution in [0.15, 0.2) is 16.8 Å². The van der Waals surface area contributed by atoms with Gasteiger partial charge in [-0.25, -0.2) is 4.79 Å². The quantitative estimate of drug-likeness (QED) is 0.812. The van der Waals surface area contributed by atoms with Crippen molar-refractivity contribution in [3.63, 3.8) is 0 Å². The van der Waals surface area contributed by atoms with E-state index in [4.69, 9.17) is 10.00 Å². The van der Waals surface area contributed by atoms with E-state index in [-0.39, 0.29) is 0 Å². The van der Waals surface area contributed by atoms with Crippen molar-refractivity contribution < 1.29 is 9.53 Å². The van der Waals surface area contributed by atoms with Gasteiger partial charge in [-0.2, -0.15) is 16.6 Å². The predicted molar refractivity (Wildman–Crippen MR) is 66.7 cm³/mol. The number of amides is 1. The first-order valence-corrected chi connectivity index (χ1v) is 6.17. The van der Waals surface area contributed by atoms with Crippen LogP contribution in [0.1, 0.15) is 32.4 Å². The van der Waals surface area contributed by atoms with E-state index < -0.39 is 17.7 Å². The number of nitrogens with zero attached hydrogens (tertiary/aromatic N) is 2. The maximum absolute atomic E-state index is 11.8. The molecular weight excluding hydrogens is 236 g/mol. The van der Waals surface area contributed by atoms with Crippen LogP contribution in [0.2, 0.25) is 0 Å². The van der Waals surface area contributed by atoms with Crippen molar-refractivity contribution >= 4 is 17.4 Å². The summed E-state index contributed by atoms with van der Waals surface area (Å²) < 4.78 is 5.22. The molecule has 1 aromatic rings. The van der Waals surface area contributed by atoms with Crippen LogP contribution in [0.3, 0.4) is 0 Å². The van der Waals surface area contributed by atoms with Crippen molar-refractivity contribution in [2.24, 2.45) is 0 Å². The SMILES string of the molecule is CN(C(=O)OC(C)(C)C)C(C#N)c1ccsc1. The molecule has 0 aliphatic heterocycles. The van der Waals surface area contributed by atoms with Crippen LogP contribution in [0.25, 0.3) is 0 Å². The number of carbonyl (C=O) groups is 1. The zero-order chi connectivity index (χ0) is 13.1. The number of carbonyl (C=O) groups excluding carboxylic acids is 1. The van der Waals surface area contributed by atoms with Gasteiger partial charge in [0.2, 0.25) is 0 Å². The van der Waals surface area contributed by atoms with E-state index in [0.717, 1.165) is 5.56 Å². The van der Waals surface area contributed by atoms with Crippen LogP contribution >= 0.6 is 11.3 Å². The third kappa shape index (κ3) is 3.75. The fourth-order valence-electron chi connectivity index (χ4n) is 1.25. The number of thiophene rings is 1. The minimum atomic E-state index is -0.601. The molecule has 0 aliphatic rings. The second-order valence-electron chi connectivity index (χ2n) is 4.68. The van der Waals surface area contributed by atoms with Crippen molar-refractivity contribution in [1.29, 1.82) is 5.26 Å². The molecule has 1 aromatic heterocycles. The second kappa shape index (κ2) is 5.19. The lowest BCUT2D eigenvalue weighted by atomic mass is 10.1. The topological polar surface area (TPSA) is 53.3 Å². The predicted octanol–water partition coefficient (Wildman–Crippen LogP) is 3.18. The molecule has 0 spiro atoms. The summed E-state index contributed by atoms with van der Waals surface area (Å²) >= 11 is 1.50. The standard InChI is InChI=1S/C12H16N2O2S/c1-12(2,3)16-11(15)14(4)10(7-13)9-5-6-17-8-9/h5-6,8,10H,1-4H3. The molecule has 0 saturated heterocycles. The van der Waals surface area contributed by atoms with E-state index in [9.17, 15) is 4.79 Å². The van der Waals surface area contributed by atoms with Gasteiger partial charge < -0.3 is 4.74 Å². The van der Waals surface area contributed by atoms with Crippen LogP contribution in [0, 0.1) is 11.3 Å². The Labute approximate surface area is 105 Å². The Morgan fingerprint density at radius 3 is 2.65 bits per heavy atom. The third-order valence-corrected chi connectivity index (χ3v) is 2.75. The Kier molecular flexibility index (Phi) is 4.13. The second-order valence-corrected chi connectivity index (χ2v) is 5.46. The van der Waals surface area contributed by atoms with Gasteiger partial charge in [-0.05, 0) is 43.2 Å². The molecule has 0 fully saturated rings. The first-order chi connectivity index (χ1) is 7.85. The van der Waals surface area contributed by atoms with E-state index in [1.54, 1.807) is 27.8 Å². The Morgan fingerprint density at radius 2 is 2.24 bits per heavy atom. The fraction of sp³-hybridized carbons (Fsp3) is 0.500. The van der Waals surface area contributed by atoms with Crippen LogP contribution in [0.5, 0.6) is 0 Å². The summed E-state index contributed by atoms with van der Waals surface area (Å²) in [5.41, 5.74) is 0.255. The lowest BCUT2D eigenvalue weighted by molar-refractivity contribution is 0.0258. The van der Waals surface area contributed by atoms with Crippen LogP contribution < -0.4 is 0 Å². The Balaban J connectivity index is 2.78. The van der Waals surface area contributed by atoms with E-state index in [2.05, 4.69) is 6.07 Å². The highest BCUT2D eigenvalue weighted by Crippen LogP contribution is 2.22. The zero-order valence-corrected chi connectivity index (χ0v) is 11.2. The van der Waals surface area contributed by atoms with E-state index in [1.165, 1.54) is 16.2 Å². The van der Waals surface area contributed by atoms with Gasteiger partial charge in [0.15, 0.2) is 0 Å². The van der Waals surface area contributed by atoms with Crippen molar-refractivity contribution in [3.8, 4) is 6.07 Å². The van der Waals surface area contributed by atoms with Gasteiger partial charge in [0.1, 0.15) is 11.6 Å². The molecule has 4 nitrogen and oxygen atoms in total. The van der Waals surface area contributed by atoms with Gasteiger partial charge in [0, 0.05) is 7.05 Å². The van der Waals surface area contributed by atoms with Crippen LogP contribution in [0.4, 0.5) is 4.79 Å². The number of hydrogen-bond acceptors (Lipinski definition) is 4. The summed E-state index contributed by atoms with van der Waals surface area (Å²) in [4.78, 5) is 13.1. The maximum atomic E-state index is 11.8. The van der Waals surface area contributed by atoms with Gasteiger partial charge >= 0.3 is 6.09 Å². The largest absolute Gasteiger partial charge is 0.444 e. The van der Waals surface area contributed by atoms with Gasteiger partial charge in [0.05, 0.1) is 6.07 Å². The van der Waals surface area contributed by atoms with E-state index in [0.29, 0.717) is 0 Å². The Morgan fingerprint density at radius 1 is 1.59 bits per heavy atom. The fourth-order valence-corrected chi connectivity index (χ4v) is 1.93. The van der Waals surface area contributed by atoms with Crippen molar-refractivity contribution in [3.05, 3.63) is 22.4 Å². The van der Waals surface area contributed by atoms with E-state index >= 15 is 0 Å². The monoisotopic (exact) mass is 252 g/mol. The minimum Gasteiger partial charge on any atom is -0.444 e. The van der Waals surface area contributed by atoms with Gasteiger partial charge in [-0.15, -0.1) is 0 Å². The number of nitriles is 1. The summed E-state index contributed by atoms with van der Waals surface area (Å²) in [6.45, 7) is 5.39. The summed E-state index contributed by atoms with van der Waals surface area (Å²) in [7, 11) is 1.57. The Hall–Kier alpha value is -1.54. The van der Waals surface area contributed by atoms with Crippen molar-refractivity contribution in [2.75, 3.05) is 7.05 Å². The average molecular weight is 252 g/mol. The van der Waals surface area contributed by atoms with Gasteiger partial charge in [0.25, 0.3) is 0 Å². The molecule has 1 heterocycles. The molecule has 1 rings (SSSR count). The zero-order valence-electron chi connectivity index (χ0n) is 10.4. The molecule has 0 aliphatic carbocycles. The molecule has 92 valence electrons. The molecule has 0 radical (unpaired) electrons. The molecule has 0 aromatic carbocycles.